The van der Waals surface area contributed by atoms with Gasteiger partial charge in [0, 0.05) is 19.3 Å². The summed E-state index contributed by atoms with van der Waals surface area (Å²) < 4.78 is 16.9. The van der Waals surface area contributed by atoms with Gasteiger partial charge in [-0.05, 0) is 103 Å². The summed E-state index contributed by atoms with van der Waals surface area (Å²) in [7, 11) is 0. The third-order valence-electron chi connectivity index (χ3n) is 14.8. The molecular formula is C75H128O6. The Morgan fingerprint density at radius 2 is 0.481 bits per heavy atom. The molecule has 0 fully saturated rings. The number of unbranched alkanes of at least 4 members (excludes halogenated alkanes) is 33. The maximum atomic E-state index is 12.9. The van der Waals surface area contributed by atoms with Crippen LogP contribution in [0, 0.1) is 0 Å². The molecule has 6 heteroatoms. The van der Waals surface area contributed by atoms with E-state index >= 15 is 0 Å². The molecule has 0 N–H and O–H groups in total. The van der Waals surface area contributed by atoms with Crippen LogP contribution in [0.15, 0.2) is 109 Å². The van der Waals surface area contributed by atoms with Crippen molar-refractivity contribution in [1.82, 2.24) is 0 Å². The van der Waals surface area contributed by atoms with E-state index in [1.54, 1.807) is 0 Å². The second-order valence-corrected chi connectivity index (χ2v) is 22.7. The smallest absolute Gasteiger partial charge is 0.306 e. The molecule has 0 aromatic rings. The molecule has 0 bridgehead atoms. The Labute approximate surface area is 501 Å². The number of carbonyl (C=O) groups excluding carboxylic acids is 3. The minimum Gasteiger partial charge on any atom is -0.462 e. The van der Waals surface area contributed by atoms with E-state index in [0.717, 1.165) is 116 Å². The summed E-state index contributed by atoms with van der Waals surface area (Å²) in [6.07, 6.45) is 94.1. The third kappa shape index (κ3) is 66.8. The van der Waals surface area contributed by atoms with E-state index < -0.39 is 6.10 Å². The summed E-state index contributed by atoms with van der Waals surface area (Å²) in [6.45, 7) is 6.42. The Hall–Kier alpha value is -3.93. The molecule has 0 saturated carbocycles. The second kappa shape index (κ2) is 68.6. The van der Waals surface area contributed by atoms with Crippen LogP contribution < -0.4 is 0 Å². The van der Waals surface area contributed by atoms with Crippen molar-refractivity contribution in [2.45, 2.75) is 335 Å². The van der Waals surface area contributed by atoms with E-state index in [1.165, 1.54) is 173 Å². The number of allylic oxidation sites excluding steroid dienone is 18. The van der Waals surface area contributed by atoms with Gasteiger partial charge in [0.05, 0.1) is 0 Å². The lowest BCUT2D eigenvalue weighted by Crippen LogP contribution is -2.30. The lowest BCUT2D eigenvalue weighted by Gasteiger charge is -2.18. The normalized spacial score (nSPS) is 12.8. The van der Waals surface area contributed by atoms with Crippen LogP contribution in [-0.4, -0.2) is 37.2 Å². The monoisotopic (exact) mass is 1120 g/mol. The van der Waals surface area contributed by atoms with Crippen LogP contribution in [0.1, 0.15) is 329 Å². The van der Waals surface area contributed by atoms with Crippen LogP contribution in [0.2, 0.25) is 0 Å². The number of esters is 3. The zero-order valence-corrected chi connectivity index (χ0v) is 53.3. The van der Waals surface area contributed by atoms with Gasteiger partial charge in [-0.25, -0.2) is 0 Å². The van der Waals surface area contributed by atoms with Gasteiger partial charge in [-0.3, -0.25) is 14.4 Å². The van der Waals surface area contributed by atoms with Gasteiger partial charge in [0.2, 0.25) is 0 Å². The first kappa shape index (κ1) is 77.1. The highest BCUT2D eigenvalue weighted by atomic mass is 16.6. The van der Waals surface area contributed by atoms with Gasteiger partial charge in [0.15, 0.2) is 6.10 Å². The molecule has 0 amide bonds. The SMILES string of the molecule is CC/C=C\C/C=C\C/C=C\C/C=C\C/C=C\CCCCCCCCCCCCCCCC(=O)OCC(COC(=O)CCCCCCCCCCC)OC(=O)CCCCCCCCCCCCCC/C=C\C/C=C\C/C=C\C/C=C\CC. The zero-order chi connectivity index (χ0) is 58.5. The Balaban J connectivity index is 4.17. The Bertz CT molecular complexity index is 1620. The van der Waals surface area contributed by atoms with Crippen LogP contribution in [0.4, 0.5) is 0 Å². The summed E-state index contributed by atoms with van der Waals surface area (Å²) in [5.41, 5.74) is 0. The molecular weight excluding hydrogens is 997 g/mol. The van der Waals surface area contributed by atoms with Gasteiger partial charge >= 0.3 is 17.9 Å². The van der Waals surface area contributed by atoms with Gasteiger partial charge in [0.25, 0.3) is 0 Å². The summed E-state index contributed by atoms with van der Waals surface area (Å²) in [4.78, 5) is 38.3. The lowest BCUT2D eigenvalue weighted by molar-refractivity contribution is -0.167. The van der Waals surface area contributed by atoms with Crippen molar-refractivity contribution < 1.29 is 28.6 Å². The molecule has 464 valence electrons. The summed E-state index contributed by atoms with van der Waals surface area (Å²) in [5, 5.41) is 0. The average Bonchev–Trinajstić information content (AvgIpc) is 3.47. The molecule has 0 spiro atoms. The van der Waals surface area contributed by atoms with Crippen molar-refractivity contribution in [2.24, 2.45) is 0 Å². The Morgan fingerprint density at radius 3 is 0.753 bits per heavy atom. The maximum absolute atomic E-state index is 12.9. The van der Waals surface area contributed by atoms with Crippen LogP contribution in [0.5, 0.6) is 0 Å². The van der Waals surface area contributed by atoms with Crippen LogP contribution in [-0.2, 0) is 28.6 Å². The number of hydrogen-bond acceptors (Lipinski definition) is 6. The molecule has 0 saturated heterocycles. The molecule has 0 aromatic heterocycles. The maximum Gasteiger partial charge on any atom is 0.306 e. The number of ether oxygens (including phenoxy) is 3. The van der Waals surface area contributed by atoms with Crippen LogP contribution >= 0.6 is 0 Å². The van der Waals surface area contributed by atoms with Gasteiger partial charge in [0.1, 0.15) is 13.2 Å². The van der Waals surface area contributed by atoms with Crippen molar-refractivity contribution in [2.75, 3.05) is 13.2 Å². The highest BCUT2D eigenvalue weighted by molar-refractivity contribution is 5.71. The van der Waals surface area contributed by atoms with E-state index in [2.05, 4.69) is 130 Å². The minimum atomic E-state index is -0.779. The minimum absolute atomic E-state index is 0.0757. The molecule has 0 aliphatic rings. The molecule has 0 aliphatic carbocycles. The van der Waals surface area contributed by atoms with E-state index in [9.17, 15) is 14.4 Å². The summed E-state index contributed by atoms with van der Waals surface area (Å²) in [6, 6.07) is 0. The molecule has 0 rings (SSSR count). The number of rotatable bonds is 62. The highest BCUT2D eigenvalue weighted by Crippen LogP contribution is 2.17. The first-order chi connectivity index (χ1) is 40.0. The van der Waals surface area contributed by atoms with Crippen molar-refractivity contribution in [3.8, 4) is 0 Å². The first-order valence-electron chi connectivity index (χ1n) is 34.4. The Morgan fingerprint density at radius 1 is 0.259 bits per heavy atom. The molecule has 0 aliphatic heterocycles. The molecule has 81 heavy (non-hydrogen) atoms. The van der Waals surface area contributed by atoms with E-state index in [-0.39, 0.29) is 31.1 Å². The topological polar surface area (TPSA) is 78.9 Å². The fourth-order valence-corrected chi connectivity index (χ4v) is 9.70. The average molecular weight is 1130 g/mol. The summed E-state index contributed by atoms with van der Waals surface area (Å²) in [5.74, 6) is -0.869. The third-order valence-corrected chi connectivity index (χ3v) is 14.8. The van der Waals surface area contributed by atoms with Crippen LogP contribution in [0.3, 0.4) is 0 Å². The molecule has 1 unspecified atom stereocenters. The number of carbonyl (C=O) groups is 3. The lowest BCUT2D eigenvalue weighted by atomic mass is 10.0. The number of hydrogen-bond donors (Lipinski definition) is 0. The van der Waals surface area contributed by atoms with Crippen molar-refractivity contribution in [3.05, 3.63) is 109 Å². The standard InChI is InChI=1S/C75H128O6/c1-4-7-10-13-16-19-21-23-25-27-29-31-33-35-36-37-38-40-41-43-45-47-49-51-53-56-59-62-65-68-74(77)80-71-72(70-79-73(76)67-64-61-58-55-18-15-12-9-6-3)81-75(78)69-66-63-60-57-54-52-50-48-46-44-42-39-34-32-30-28-26-24-22-20-17-14-11-8-5-2/h7-8,10-11,16-17,19-20,23-26,29-32,35-36,72H,4-6,9,12-15,18,21-22,27-28,33-34,37-71H2,1-3H3/b10-7-,11-8-,19-16-,20-17-,25-23-,26-24-,31-29-,32-30-,36-35-. The zero-order valence-electron chi connectivity index (χ0n) is 53.3. The van der Waals surface area contributed by atoms with Gasteiger partial charge in [-0.1, -0.05) is 316 Å². The largest absolute Gasteiger partial charge is 0.462 e. The van der Waals surface area contributed by atoms with E-state index in [0.29, 0.717) is 19.3 Å². The quantitative estimate of drug-likeness (QED) is 0.0261. The second-order valence-electron chi connectivity index (χ2n) is 22.7. The fraction of sp³-hybridized carbons (Fsp3) is 0.720. The predicted molar refractivity (Wildman–Crippen MR) is 353 cm³/mol. The van der Waals surface area contributed by atoms with Crippen LogP contribution in [0.25, 0.3) is 0 Å². The van der Waals surface area contributed by atoms with E-state index in [1.807, 2.05) is 0 Å². The molecule has 0 radical (unpaired) electrons. The van der Waals surface area contributed by atoms with Crippen molar-refractivity contribution >= 4 is 17.9 Å². The van der Waals surface area contributed by atoms with E-state index in [4.69, 9.17) is 14.2 Å². The summed E-state index contributed by atoms with van der Waals surface area (Å²) >= 11 is 0. The predicted octanol–water partition coefficient (Wildman–Crippen LogP) is 23.8. The van der Waals surface area contributed by atoms with Gasteiger partial charge in [-0.2, -0.15) is 0 Å². The Kier molecular flexibility index (Phi) is 65.2. The fourth-order valence-electron chi connectivity index (χ4n) is 9.70. The van der Waals surface area contributed by atoms with Gasteiger partial charge < -0.3 is 14.2 Å². The molecule has 0 heterocycles. The highest BCUT2D eigenvalue weighted by Gasteiger charge is 2.19. The molecule has 6 nitrogen and oxygen atoms in total. The van der Waals surface area contributed by atoms with Gasteiger partial charge in [-0.15, -0.1) is 0 Å². The molecule has 1 atom stereocenters. The first-order valence-corrected chi connectivity index (χ1v) is 34.4. The van der Waals surface area contributed by atoms with Crippen molar-refractivity contribution in [3.63, 3.8) is 0 Å². The van der Waals surface area contributed by atoms with Crippen molar-refractivity contribution in [1.29, 1.82) is 0 Å². The molecule has 0 aromatic carbocycles.